The van der Waals surface area contributed by atoms with Crippen LogP contribution in [0.4, 0.5) is 5.69 Å². The van der Waals surface area contributed by atoms with E-state index in [1.807, 2.05) is 0 Å². The maximum Gasteiger partial charge on any atom is 0.127 e. The van der Waals surface area contributed by atoms with Crippen molar-refractivity contribution in [2.45, 2.75) is 19.3 Å². The molecule has 0 fully saturated rings. The monoisotopic (exact) mass is 236 g/mol. The number of methoxy groups -OCH3 is 1. The van der Waals surface area contributed by atoms with Crippen molar-refractivity contribution in [3.05, 3.63) is 23.3 Å². The van der Waals surface area contributed by atoms with Crippen molar-refractivity contribution in [1.29, 1.82) is 0 Å². The molecule has 1 aliphatic heterocycles. The molecule has 0 aliphatic carbocycles. The third-order valence-electron chi connectivity index (χ3n) is 3.34. The van der Waals surface area contributed by atoms with Crippen LogP contribution in [0, 0.1) is 0 Å². The number of benzene rings is 1. The quantitative estimate of drug-likeness (QED) is 0.805. The zero-order valence-corrected chi connectivity index (χ0v) is 10.5. The fourth-order valence-electron chi connectivity index (χ4n) is 2.50. The first-order chi connectivity index (χ1) is 8.27. The van der Waals surface area contributed by atoms with Crippen LogP contribution in [0.2, 0.25) is 0 Å². The number of nitrogens with zero attached hydrogens (tertiary/aromatic N) is 1. The van der Waals surface area contributed by atoms with E-state index < -0.39 is 0 Å². The van der Waals surface area contributed by atoms with Gasteiger partial charge in [-0.1, -0.05) is 6.07 Å². The summed E-state index contributed by atoms with van der Waals surface area (Å²) >= 11 is 0. The van der Waals surface area contributed by atoms with E-state index in [1.54, 1.807) is 7.11 Å². The Morgan fingerprint density at radius 1 is 1.41 bits per heavy atom. The minimum absolute atomic E-state index is 0.519. The van der Waals surface area contributed by atoms with Gasteiger partial charge in [-0.05, 0) is 24.5 Å². The highest BCUT2D eigenvalue weighted by atomic mass is 16.6. The molecular weight excluding hydrogens is 216 g/mol. The van der Waals surface area contributed by atoms with Gasteiger partial charge in [0.25, 0.3) is 0 Å². The lowest BCUT2D eigenvalue weighted by Crippen LogP contribution is -2.25. The second-order valence-electron chi connectivity index (χ2n) is 4.40. The summed E-state index contributed by atoms with van der Waals surface area (Å²) in [7, 11) is 3.86. The summed E-state index contributed by atoms with van der Waals surface area (Å²) in [5.74, 6) is 6.08. The molecule has 0 radical (unpaired) electrons. The average Bonchev–Trinajstić information content (AvgIpc) is 2.36. The van der Waals surface area contributed by atoms with Crippen molar-refractivity contribution >= 4 is 5.69 Å². The van der Waals surface area contributed by atoms with Gasteiger partial charge in [-0.3, -0.25) is 0 Å². The van der Waals surface area contributed by atoms with Gasteiger partial charge >= 0.3 is 0 Å². The van der Waals surface area contributed by atoms with E-state index in [2.05, 4.69) is 28.9 Å². The number of rotatable bonds is 4. The fourth-order valence-corrected chi connectivity index (χ4v) is 2.50. The van der Waals surface area contributed by atoms with Crippen molar-refractivity contribution in [2.24, 2.45) is 5.90 Å². The van der Waals surface area contributed by atoms with Crippen LogP contribution in [0.3, 0.4) is 0 Å². The third-order valence-corrected chi connectivity index (χ3v) is 3.34. The molecule has 0 saturated heterocycles. The molecule has 0 atom stereocenters. The molecule has 94 valence electrons. The Morgan fingerprint density at radius 2 is 2.24 bits per heavy atom. The summed E-state index contributed by atoms with van der Waals surface area (Å²) in [5.41, 5.74) is 3.77. The predicted octanol–water partition coefficient (Wildman–Crippen LogP) is 1.51. The van der Waals surface area contributed by atoms with Gasteiger partial charge in [0.2, 0.25) is 0 Å². The van der Waals surface area contributed by atoms with Crippen molar-refractivity contribution < 1.29 is 9.57 Å². The first kappa shape index (κ1) is 12.2. The number of hydrogen-bond donors (Lipinski definition) is 1. The van der Waals surface area contributed by atoms with Crippen molar-refractivity contribution in [3.8, 4) is 5.75 Å². The van der Waals surface area contributed by atoms with Crippen LogP contribution in [0.5, 0.6) is 5.75 Å². The summed E-state index contributed by atoms with van der Waals surface area (Å²) in [6.07, 6.45) is 3.05. The largest absolute Gasteiger partial charge is 0.496 e. The van der Waals surface area contributed by atoms with Gasteiger partial charge < -0.3 is 14.5 Å². The molecule has 4 nitrogen and oxygen atoms in total. The smallest absolute Gasteiger partial charge is 0.127 e. The summed E-state index contributed by atoms with van der Waals surface area (Å²) < 4.78 is 5.57. The van der Waals surface area contributed by atoms with E-state index in [0.29, 0.717) is 6.61 Å². The standard InChI is InChI=1S/C13H20N2O2/c1-15-8-3-4-11-12(15)6-5-10(7-9-17-14)13(11)16-2/h5-6H,3-4,7-9,14H2,1-2H3. The average molecular weight is 236 g/mol. The van der Waals surface area contributed by atoms with Crippen LogP contribution in [-0.2, 0) is 17.7 Å². The summed E-state index contributed by atoms with van der Waals surface area (Å²) in [6, 6.07) is 4.28. The molecule has 2 N–H and O–H groups in total. The highest BCUT2D eigenvalue weighted by Crippen LogP contribution is 2.36. The second-order valence-corrected chi connectivity index (χ2v) is 4.40. The molecule has 1 aromatic carbocycles. The SMILES string of the molecule is COc1c(CCON)ccc2c1CCCN2C. The summed E-state index contributed by atoms with van der Waals surface area (Å²) in [6.45, 7) is 1.63. The lowest BCUT2D eigenvalue weighted by molar-refractivity contribution is 0.140. The molecule has 1 heterocycles. The molecule has 1 aromatic rings. The van der Waals surface area contributed by atoms with E-state index in [-0.39, 0.29) is 0 Å². The molecule has 0 spiro atoms. The number of ether oxygens (including phenoxy) is 1. The molecule has 0 amide bonds. The molecule has 1 aliphatic rings. The number of hydrogen-bond acceptors (Lipinski definition) is 4. The number of fused-ring (bicyclic) bond motifs is 1. The molecule has 2 rings (SSSR count). The van der Waals surface area contributed by atoms with Gasteiger partial charge in [0, 0.05) is 31.3 Å². The van der Waals surface area contributed by atoms with E-state index >= 15 is 0 Å². The second kappa shape index (κ2) is 5.38. The van der Waals surface area contributed by atoms with Gasteiger partial charge in [-0.25, -0.2) is 5.90 Å². The highest BCUT2D eigenvalue weighted by Gasteiger charge is 2.19. The Bertz CT molecular complexity index is 393. The summed E-state index contributed by atoms with van der Waals surface area (Å²) in [4.78, 5) is 6.93. The molecular formula is C13H20N2O2. The normalized spacial score (nSPS) is 14.6. The lowest BCUT2D eigenvalue weighted by atomic mass is 9.97. The van der Waals surface area contributed by atoms with Crippen LogP contribution in [0.25, 0.3) is 0 Å². The predicted molar refractivity (Wildman–Crippen MR) is 68.4 cm³/mol. The Morgan fingerprint density at radius 3 is 2.94 bits per heavy atom. The topological polar surface area (TPSA) is 47.7 Å². The molecule has 0 unspecified atom stereocenters. The Balaban J connectivity index is 2.37. The number of anilines is 1. The lowest BCUT2D eigenvalue weighted by Gasteiger charge is -2.29. The maximum atomic E-state index is 5.57. The first-order valence-corrected chi connectivity index (χ1v) is 5.99. The zero-order chi connectivity index (χ0) is 12.3. The molecule has 0 bridgehead atoms. The first-order valence-electron chi connectivity index (χ1n) is 5.99. The van der Waals surface area contributed by atoms with Crippen LogP contribution in [0.1, 0.15) is 17.5 Å². The van der Waals surface area contributed by atoms with E-state index in [4.69, 9.17) is 10.6 Å². The Kier molecular flexibility index (Phi) is 3.86. The minimum atomic E-state index is 0.519. The highest BCUT2D eigenvalue weighted by molar-refractivity contribution is 5.63. The molecule has 0 aromatic heterocycles. The minimum Gasteiger partial charge on any atom is -0.496 e. The van der Waals surface area contributed by atoms with Gasteiger partial charge in [-0.2, -0.15) is 0 Å². The third kappa shape index (κ3) is 2.37. The van der Waals surface area contributed by atoms with Crippen LogP contribution < -0.4 is 15.5 Å². The van der Waals surface area contributed by atoms with Crippen LogP contribution >= 0.6 is 0 Å². The van der Waals surface area contributed by atoms with Crippen LogP contribution in [-0.4, -0.2) is 27.3 Å². The van der Waals surface area contributed by atoms with Gasteiger partial charge in [0.05, 0.1) is 13.7 Å². The summed E-state index contributed by atoms with van der Waals surface area (Å²) in [5, 5.41) is 0. The van der Waals surface area contributed by atoms with E-state index in [0.717, 1.165) is 25.1 Å². The van der Waals surface area contributed by atoms with Gasteiger partial charge in [-0.15, -0.1) is 0 Å². The molecule has 17 heavy (non-hydrogen) atoms. The Labute approximate surface area is 102 Å². The fraction of sp³-hybridized carbons (Fsp3) is 0.538. The Hall–Kier alpha value is -1.26. The van der Waals surface area contributed by atoms with Gasteiger partial charge in [0.1, 0.15) is 5.75 Å². The van der Waals surface area contributed by atoms with Gasteiger partial charge in [0.15, 0.2) is 0 Å². The van der Waals surface area contributed by atoms with Crippen molar-refractivity contribution in [2.75, 3.05) is 32.2 Å². The van der Waals surface area contributed by atoms with E-state index in [9.17, 15) is 0 Å². The zero-order valence-electron chi connectivity index (χ0n) is 10.5. The molecule has 4 heteroatoms. The van der Waals surface area contributed by atoms with Crippen molar-refractivity contribution in [1.82, 2.24) is 0 Å². The maximum absolute atomic E-state index is 5.57. The molecule has 0 saturated carbocycles. The van der Waals surface area contributed by atoms with Crippen molar-refractivity contribution in [3.63, 3.8) is 0 Å². The van der Waals surface area contributed by atoms with Crippen LogP contribution in [0.15, 0.2) is 12.1 Å². The number of nitrogens with two attached hydrogens (primary N) is 1. The van der Waals surface area contributed by atoms with E-state index in [1.165, 1.54) is 23.2 Å².